The summed E-state index contributed by atoms with van der Waals surface area (Å²) in [5.41, 5.74) is 0.848. The number of rotatable bonds is 6. The van der Waals surface area contributed by atoms with Crippen molar-refractivity contribution in [1.82, 2.24) is 4.90 Å². The maximum Gasteiger partial charge on any atom is 0.416 e. The summed E-state index contributed by atoms with van der Waals surface area (Å²) in [6.07, 6.45) is 0.543. The Kier molecular flexibility index (Phi) is 5.54. The minimum atomic E-state index is -4.36. The highest BCUT2D eigenvalue weighted by Gasteiger charge is 2.32. The average Bonchev–Trinajstić information content (AvgIpc) is 3.49. The molecule has 142 valence electrons. The Labute approximate surface area is 156 Å². The second kappa shape index (κ2) is 7.86. The summed E-state index contributed by atoms with van der Waals surface area (Å²) < 4.78 is 42.9. The minimum Gasteiger partial charge on any atom is -0.497 e. The molecule has 2 aromatic rings. The molecule has 27 heavy (non-hydrogen) atoms. The first-order valence-electron chi connectivity index (χ1n) is 8.65. The standard InChI is InChI=1S/C21H20F3NO2/c1-27-19-11-4-16(5-12-19)14-25(18-9-10-18)20(26)13-6-15-2-7-17(8-3-15)21(22,23)24/h2-8,11-13,18H,9-10,14H2,1H3/b13-6+. The van der Waals surface area contributed by atoms with Gasteiger partial charge in [0.1, 0.15) is 5.75 Å². The van der Waals surface area contributed by atoms with E-state index in [2.05, 4.69) is 0 Å². The van der Waals surface area contributed by atoms with Gasteiger partial charge in [-0.3, -0.25) is 4.79 Å². The molecule has 0 saturated heterocycles. The Balaban J connectivity index is 1.67. The van der Waals surface area contributed by atoms with Crippen LogP contribution in [0.3, 0.4) is 0 Å². The zero-order valence-electron chi connectivity index (χ0n) is 14.9. The third-order valence-electron chi connectivity index (χ3n) is 4.44. The number of carbonyl (C=O) groups is 1. The van der Waals surface area contributed by atoms with E-state index in [0.29, 0.717) is 12.1 Å². The highest BCUT2D eigenvalue weighted by molar-refractivity contribution is 5.92. The summed E-state index contributed by atoms with van der Waals surface area (Å²) >= 11 is 0. The molecule has 6 heteroatoms. The molecule has 0 radical (unpaired) electrons. The van der Waals surface area contributed by atoms with E-state index < -0.39 is 11.7 Å². The molecule has 3 nitrogen and oxygen atoms in total. The van der Waals surface area contributed by atoms with Crippen LogP contribution in [0.4, 0.5) is 13.2 Å². The maximum absolute atomic E-state index is 12.6. The SMILES string of the molecule is COc1ccc(CN(C(=O)/C=C/c2ccc(C(F)(F)F)cc2)C2CC2)cc1. The molecule has 0 aliphatic heterocycles. The fraction of sp³-hybridized carbons (Fsp3) is 0.286. The van der Waals surface area contributed by atoms with Crippen molar-refractivity contribution in [2.24, 2.45) is 0 Å². The van der Waals surface area contributed by atoms with E-state index in [9.17, 15) is 18.0 Å². The predicted octanol–water partition coefficient (Wildman–Crippen LogP) is 4.92. The molecule has 0 spiro atoms. The van der Waals surface area contributed by atoms with Crippen LogP contribution in [0.15, 0.2) is 54.6 Å². The molecule has 0 unspecified atom stereocenters. The van der Waals surface area contributed by atoms with Gasteiger partial charge in [-0.2, -0.15) is 13.2 Å². The topological polar surface area (TPSA) is 29.5 Å². The van der Waals surface area contributed by atoms with Gasteiger partial charge in [-0.15, -0.1) is 0 Å². The Morgan fingerprint density at radius 2 is 1.74 bits per heavy atom. The highest BCUT2D eigenvalue weighted by Crippen LogP contribution is 2.30. The molecule has 0 aromatic heterocycles. The molecule has 3 rings (SSSR count). The van der Waals surface area contributed by atoms with Gasteiger partial charge in [0.2, 0.25) is 5.91 Å². The Morgan fingerprint density at radius 3 is 2.26 bits per heavy atom. The molecule has 1 fully saturated rings. The van der Waals surface area contributed by atoms with E-state index >= 15 is 0 Å². The van der Waals surface area contributed by atoms with Crippen LogP contribution in [-0.2, 0) is 17.5 Å². The third-order valence-corrected chi connectivity index (χ3v) is 4.44. The summed E-state index contributed by atoms with van der Waals surface area (Å²) in [6, 6.07) is 12.5. The van der Waals surface area contributed by atoms with E-state index in [1.807, 2.05) is 24.3 Å². The summed E-state index contributed by atoms with van der Waals surface area (Å²) in [5, 5.41) is 0. The lowest BCUT2D eigenvalue weighted by Gasteiger charge is -2.21. The minimum absolute atomic E-state index is 0.145. The molecule has 1 saturated carbocycles. The van der Waals surface area contributed by atoms with Crippen LogP contribution in [0.1, 0.15) is 29.5 Å². The van der Waals surface area contributed by atoms with Crippen LogP contribution < -0.4 is 4.74 Å². The van der Waals surface area contributed by atoms with Crippen molar-refractivity contribution >= 4 is 12.0 Å². The van der Waals surface area contributed by atoms with Crippen molar-refractivity contribution in [2.45, 2.75) is 31.6 Å². The van der Waals surface area contributed by atoms with Gasteiger partial charge in [0.15, 0.2) is 0 Å². The predicted molar refractivity (Wildman–Crippen MR) is 97.0 cm³/mol. The van der Waals surface area contributed by atoms with Gasteiger partial charge in [0.05, 0.1) is 12.7 Å². The van der Waals surface area contributed by atoms with Crippen molar-refractivity contribution in [1.29, 1.82) is 0 Å². The molecular formula is C21H20F3NO2. The molecule has 1 aliphatic rings. The monoisotopic (exact) mass is 375 g/mol. The van der Waals surface area contributed by atoms with Gasteiger partial charge in [0, 0.05) is 18.7 Å². The number of halogens is 3. The number of hydrogen-bond donors (Lipinski definition) is 0. The van der Waals surface area contributed by atoms with Crippen LogP contribution in [0.5, 0.6) is 5.75 Å². The first kappa shape index (κ1) is 19.0. The van der Waals surface area contributed by atoms with Gasteiger partial charge in [0.25, 0.3) is 0 Å². The van der Waals surface area contributed by atoms with Crippen molar-refractivity contribution in [3.63, 3.8) is 0 Å². The van der Waals surface area contributed by atoms with E-state index in [4.69, 9.17) is 4.74 Å². The van der Waals surface area contributed by atoms with E-state index in [1.165, 1.54) is 18.2 Å². The summed E-state index contributed by atoms with van der Waals surface area (Å²) in [4.78, 5) is 14.4. The molecule has 0 atom stereocenters. The number of alkyl halides is 3. The van der Waals surface area contributed by atoms with Crippen LogP contribution in [0, 0.1) is 0 Å². The first-order chi connectivity index (χ1) is 12.9. The molecule has 1 aliphatic carbocycles. The average molecular weight is 375 g/mol. The molecule has 0 heterocycles. The third kappa shape index (κ3) is 5.12. The number of hydrogen-bond acceptors (Lipinski definition) is 2. The largest absolute Gasteiger partial charge is 0.497 e. The lowest BCUT2D eigenvalue weighted by atomic mass is 10.1. The molecule has 0 N–H and O–H groups in total. The zero-order chi connectivity index (χ0) is 19.4. The highest BCUT2D eigenvalue weighted by atomic mass is 19.4. The van der Waals surface area contributed by atoms with Crippen LogP contribution in [0.25, 0.3) is 6.08 Å². The molecular weight excluding hydrogens is 355 g/mol. The van der Waals surface area contributed by atoms with Gasteiger partial charge in [-0.25, -0.2) is 0 Å². The number of amides is 1. The second-order valence-corrected chi connectivity index (χ2v) is 6.50. The van der Waals surface area contributed by atoms with Crippen molar-refractivity contribution < 1.29 is 22.7 Å². The molecule has 1 amide bonds. The summed E-state index contributed by atoms with van der Waals surface area (Å²) in [6.45, 7) is 0.491. The fourth-order valence-electron chi connectivity index (χ4n) is 2.75. The normalized spacial score (nSPS) is 14.4. The number of methoxy groups -OCH3 is 1. The fourth-order valence-corrected chi connectivity index (χ4v) is 2.75. The Hall–Kier alpha value is -2.76. The number of carbonyl (C=O) groups excluding carboxylic acids is 1. The summed E-state index contributed by atoms with van der Waals surface area (Å²) in [7, 11) is 1.60. The second-order valence-electron chi connectivity index (χ2n) is 6.50. The molecule has 2 aromatic carbocycles. The van der Waals surface area contributed by atoms with Gasteiger partial charge < -0.3 is 9.64 Å². The zero-order valence-corrected chi connectivity index (χ0v) is 14.9. The van der Waals surface area contributed by atoms with E-state index in [0.717, 1.165) is 36.3 Å². The number of nitrogens with zero attached hydrogens (tertiary/aromatic N) is 1. The molecule has 0 bridgehead atoms. The van der Waals surface area contributed by atoms with Crippen LogP contribution in [0.2, 0.25) is 0 Å². The first-order valence-corrected chi connectivity index (χ1v) is 8.65. The van der Waals surface area contributed by atoms with Gasteiger partial charge in [-0.1, -0.05) is 24.3 Å². The van der Waals surface area contributed by atoms with Gasteiger partial charge >= 0.3 is 6.18 Å². The lowest BCUT2D eigenvalue weighted by Crippen LogP contribution is -2.31. The maximum atomic E-state index is 12.6. The van der Waals surface area contributed by atoms with Crippen LogP contribution >= 0.6 is 0 Å². The van der Waals surface area contributed by atoms with Crippen LogP contribution in [-0.4, -0.2) is 24.0 Å². The van der Waals surface area contributed by atoms with E-state index in [-0.39, 0.29) is 11.9 Å². The van der Waals surface area contributed by atoms with E-state index in [1.54, 1.807) is 18.1 Å². The smallest absolute Gasteiger partial charge is 0.416 e. The van der Waals surface area contributed by atoms with Crippen molar-refractivity contribution in [2.75, 3.05) is 7.11 Å². The lowest BCUT2D eigenvalue weighted by molar-refractivity contribution is -0.137. The van der Waals surface area contributed by atoms with Gasteiger partial charge in [-0.05, 0) is 54.3 Å². The Morgan fingerprint density at radius 1 is 1.11 bits per heavy atom. The Bertz CT molecular complexity index is 807. The van der Waals surface area contributed by atoms with Crippen molar-refractivity contribution in [3.05, 3.63) is 71.3 Å². The summed E-state index contributed by atoms with van der Waals surface area (Å²) in [5.74, 6) is 0.610. The quantitative estimate of drug-likeness (QED) is 0.671. The number of benzene rings is 2. The number of ether oxygens (including phenoxy) is 1. The van der Waals surface area contributed by atoms with Crippen molar-refractivity contribution in [3.8, 4) is 5.75 Å².